The second-order valence-corrected chi connectivity index (χ2v) is 6.04. The molecule has 2 unspecified atom stereocenters. The molecule has 1 aliphatic rings. The van der Waals surface area contributed by atoms with Crippen molar-refractivity contribution >= 4 is 5.97 Å². The van der Waals surface area contributed by atoms with Crippen molar-refractivity contribution in [1.82, 2.24) is 0 Å². The SMILES string of the molecule is CC(C)(C)C1C=C(CCC(=O)O)C=CC1(C)O. The van der Waals surface area contributed by atoms with Gasteiger partial charge in [-0.25, -0.2) is 0 Å². The lowest BCUT2D eigenvalue weighted by Gasteiger charge is -2.40. The fourth-order valence-electron chi connectivity index (χ4n) is 2.36. The highest BCUT2D eigenvalue weighted by atomic mass is 16.4. The summed E-state index contributed by atoms with van der Waals surface area (Å²) >= 11 is 0. The molecular formula is C14H22O3. The van der Waals surface area contributed by atoms with Crippen molar-refractivity contribution < 1.29 is 15.0 Å². The van der Waals surface area contributed by atoms with Crippen LogP contribution in [0.5, 0.6) is 0 Å². The first-order valence-electron chi connectivity index (χ1n) is 5.97. The minimum atomic E-state index is -0.856. The Morgan fingerprint density at radius 2 is 2.06 bits per heavy atom. The topological polar surface area (TPSA) is 57.5 Å². The molecule has 3 heteroatoms. The van der Waals surface area contributed by atoms with Gasteiger partial charge in [0, 0.05) is 12.3 Å². The summed E-state index contributed by atoms with van der Waals surface area (Å²) in [6, 6.07) is 0. The number of aliphatic hydroxyl groups is 1. The van der Waals surface area contributed by atoms with E-state index in [-0.39, 0.29) is 17.8 Å². The number of allylic oxidation sites excluding steroid dienone is 2. The Morgan fingerprint density at radius 3 is 2.53 bits per heavy atom. The standard InChI is InChI=1S/C14H22O3/c1-13(2,3)11-9-10(5-6-12(15)16)7-8-14(11,4)17/h7-9,11,17H,5-6H2,1-4H3,(H,15,16). The van der Waals surface area contributed by atoms with E-state index in [2.05, 4.69) is 20.8 Å². The molecule has 96 valence electrons. The molecule has 0 bridgehead atoms. The number of carboxylic acid groups (broad SMARTS) is 1. The summed E-state index contributed by atoms with van der Waals surface area (Å²) in [6.07, 6.45) is 6.29. The molecule has 0 aromatic heterocycles. The van der Waals surface area contributed by atoms with Crippen LogP contribution >= 0.6 is 0 Å². The van der Waals surface area contributed by atoms with Gasteiger partial charge in [-0.2, -0.15) is 0 Å². The van der Waals surface area contributed by atoms with Crippen molar-refractivity contribution in [2.45, 2.75) is 46.1 Å². The summed E-state index contributed by atoms with van der Waals surface area (Å²) in [5.74, 6) is -0.785. The maximum absolute atomic E-state index is 10.5. The molecule has 3 nitrogen and oxygen atoms in total. The van der Waals surface area contributed by atoms with Crippen molar-refractivity contribution in [1.29, 1.82) is 0 Å². The first-order valence-corrected chi connectivity index (χ1v) is 5.97. The normalized spacial score (nSPS) is 29.0. The molecule has 0 radical (unpaired) electrons. The van der Waals surface area contributed by atoms with Crippen LogP contribution in [-0.4, -0.2) is 21.8 Å². The monoisotopic (exact) mass is 238 g/mol. The Hall–Kier alpha value is -1.09. The lowest BCUT2D eigenvalue weighted by atomic mass is 9.68. The molecule has 1 aliphatic carbocycles. The van der Waals surface area contributed by atoms with Crippen LogP contribution in [0.2, 0.25) is 0 Å². The number of hydrogen-bond acceptors (Lipinski definition) is 2. The van der Waals surface area contributed by atoms with Gasteiger partial charge in [-0.1, -0.05) is 44.6 Å². The van der Waals surface area contributed by atoms with E-state index in [0.29, 0.717) is 6.42 Å². The number of aliphatic carboxylic acids is 1. The fraction of sp³-hybridized carbons (Fsp3) is 0.643. The summed E-state index contributed by atoms with van der Waals surface area (Å²) in [7, 11) is 0. The van der Waals surface area contributed by atoms with E-state index in [4.69, 9.17) is 5.11 Å². The molecule has 0 spiro atoms. The fourth-order valence-corrected chi connectivity index (χ4v) is 2.36. The second kappa shape index (κ2) is 4.65. The molecule has 0 aromatic carbocycles. The van der Waals surface area contributed by atoms with Gasteiger partial charge in [0.1, 0.15) is 0 Å². The molecule has 2 N–H and O–H groups in total. The highest BCUT2D eigenvalue weighted by Gasteiger charge is 2.38. The average molecular weight is 238 g/mol. The number of carboxylic acids is 1. The van der Waals surface area contributed by atoms with Crippen LogP contribution in [0.25, 0.3) is 0 Å². The Morgan fingerprint density at radius 1 is 1.47 bits per heavy atom. The average Bonchev–Trinajstić information content (AvgIpc) is 2.13. The van der Waals surface area contributed by atoms with Gasteiger partial charge in [0.15, 0.2) is 0 Å². The van der Waals surface area contributed by atoms with Gasteiger partial charge in [0.25, 0.3) is 0 Å². The Bertz CT molecular complexity index is 356. The summed E-state index contributed by atoms with van der Waals surface area (Å²) in [5, 5.41) is 19.0. The quantitative estimate of drug-likeness (QED) is 0.795. The molecule has 17 heavy (non-hydrogen) atoms. The van der Waals surface area contributed by atoms with E-state index >= 15 is 0 Å². The van der Waals surface area contributed by atoms with E-state index in [1.165, 1.54) is 0 Å². The number of carbonyl (C=O) groups is 1. The smallest absolute Gasteiger partial charge is 0.303 e. The zero-order chi connectivity index (χ0) is 13.3. The first-order chi connectivity index (χ1) is 7.63. The molecular weight excluding hydrogens is 216 g/mol. The van der Waals surface area contributed by atoms with E-state index in [0.717, 1.165) is 5.57 Å². The predicted octanol–water partition coefficient (Wildman–Crippen LogP) is 2.76. The molecule has 1 rings (SSSR count). The van der Waals surface area contributed by atoms with Gasteiger partial charge in [-0.3, -0.25) is 4.79 Å². The predicted molar refractivity (Wildman–Crippen MR) is 67.7 cm³/mol. The van der Waals surface area contributed by atoms with E-state index in [9.17, 15) is 9.90 Å². The van der Waals surface area contributed by atoms with Gasteiger partial charge in [0.2, 0.25) is 0 Å². The Balaban J connectivity index is 2.87. The molecule has 2 atom stereocenters. The first kappa shape index (κ1) is 14.0. The lowest BCUT2D eigenvalue weighted by molar-refractivity contribution is -0.136. The molecule has 0 saturated heterocycles. The van der Waals surface area contributed by atoms with Crippen LogP contribution in [0.3, 0.4) is 0 Å². The largest absolute Gasteiger partial charge is 0.481 e. The summed E-state index contributed by atoms with van der Waals surface area (Å²) in [5.41, 5.74) is 0.0899. The minimum absolute atomic E-state index is 0.00351. The van der Waals surface area contributed by atoms with E-state index < -0.39 is 11.6 Å². The molecule has 0 aromatic rings. The van der Waals surface area contributed by atoms with Crippen LogP contribution in [0, 0.1) is 11.3 Å². The highest BCUT2D eigenvalue weighted by Crippen LogP contribution is 2.40. The van der Waals surface area contributed by atoms with Gasteiger partial charge < -0.3 is 10.2 Å². The maximum Gasteiger partial charge on any atom is 0.303 e. The molecule has 0 fully saturated rings. The van der Waals surface area contributed by atoms with Crippen LogP contribution in [0.15, 0.2) is 23.8 Å². The third-order valence-corrected chi connectivity index (χ3v) is 3.21. The van der Waals surface area contributed by atoms with Crippen LogP contribution in [0.1, 0.15) is 40.5 Å². The zero-order valence-corrected chi connectivity index (χ0v) is 11.0. The van der Waals surface area contributed by atoms with Crippen LogP contribution < -0.4 is 0 Å². The third kappa shape index (κ3) is 3.70. The summed E-state index contributed by atoms with van der Waals surface area (Å²) in [4.78, 5) is 10.5. The lowest BCUT2D eigenvalue weighted by Crippen LogP contribution is -2.41. The molecule has 0 aliphatic heterocycles. The van der Waals surface area contributed by atoms with Crippen molar-refractivity contribution in [2.75, 3.05) is 0 Å². The molecule has 0 heterocycles. The highest BCUT2D eigenvalue weighted by molar-refractivity contribution is 5.67. The zero-order valence-electron chi connectivity index (χ0n) is 11.0. The van der Waals surface area contributed by atoms with Gasteiger partial charge in [-0.05, 0) is 18.8 Å². The van der Waals surface area contributed by atoms with Crippen molar-refractivity contribution in [3.05, 3.63) is 23.8 Å². The number of rotatable bonds is 3. The van der Waals surface area contributed by atoms with Crippen molar-refractivity contribution in [3.63, 3.8) is 0 Å². The van der Waals surface area contributed by atoms with Gasteiger partial charge in [0.05, 0.1) is 5.60 Å². The third-order valence-electron chi connectivity index (χ3n) is 3.21. The van der Waals surface area contributed by atoms with Crippen molar-refractivity contribution in [2.24, 2.45) is 11.3 Å². The maximum atomic E-state index is 10.5. The van der Waals surface area contributed by atoms with E-state index in [1.54, 1.807) is 13.0 Å². The molecule has 0 amide bonds. The van der Waals surface area contributed by atoms with E-state index in [1.807, 2.05) is 12.2 Å². The molecule has 0 saturated carbocycles. The Kier molecular flexibility index (Phi) is 3.82. The van der Waals surface area contributed by atoms with Crippen LogP contribution in [0.4, 0.5) is 0 Å². The minimum Gasteiger partial charge on any atom is -0.481 e. The second-order valence-electron chi connectivity index (χ2n) is 6.04. The summed E-state index contributed by atoms with van der Waals surface area (Å²) in [6.45, 7) is 8.04. The Labute approximate surface area is 103 Å². The van der Waals surface area contributed by atoms with Crippen LogP contribution in [-0.2, 0) is 4.79 Å². The number of hydrogen-bond donors (Lipinski definition) is 2. The van der Waals surface area contributed by atoms with Gasteiger partial charge >= 0.3 is 5.97 Å². The van der Waals surface area contributed by atoms with Crippen molar-refractivity contribution in [3.8, 4) is 0 Å². The van der Waals surface area contributed by atoms with Gasteiger partial charge in [-0.15, -0.1) is 0 Å². The summed E-state index contributed by atoms with van der Waals surface area (Å²) < 4.78 is 0.